The highest BCUT2D eigenvalue weighted by Gasteiger charge is 2.52. The summed E-state index contributed by atoms with van der Waals surface area (Å²) < 4.78 is 22.4. The van der Waals surface area contributed by atoms with Crippen LogP contribution < -0.4 is 11.0 Å². The molecular weight excluding hydrogens is 294 g/mol. The molecule has 0 bridgehead atoms. The second-order valence-corrected chi connectivity index (χ2v) is 7.74. The lowest BCUT2D eigenvalue weighted by Gasteiger charge is -2.38. The highest BCUT2D eigenvalue weighted by Crippen LogP contribution is 2.40. The Balaban J connectivity index is 1.91. The fourth-order valence-electron chi connectivity index (χ4n) is 2.62. The molecule has 3 rings (SSSR count). The Kier molecular flexibility index (Phi) is 2.94. The van der Waals surface area contributed by atoms with Crippen LogP contribution in [0.3, 0.4) is 0 Å². The van der Waals surface area contributed by atoms with Crippen molar-refractivity contribution in [2.24, 2.45) is 0 Å². The number of anilines is 1. The normalized spacial score (nSPS) is 17.4. The molecule has 1 amide bonds. The van der Waals surface area contributed by atoms with E-state index in [2.05, 4.69) is 15.3 Å². The molecule has 3 N–H and O–H groups in total. The molecule has 0 radical (unpaired) electrons. The maximum absolute atomic E-state index is 12.3. The fourth-order valence-corrected chi connectivity index (χ4v) is 4.04. The lowest BCUT2D eigenvalue weighted by molar-refractivity contribution is -0.120. The molecule has 0 atom stereocenters. The summed E-state index contributed by atoms with van der Waals surface area (Å²) in [4.78, 5) is 28.7. The monoisotopic (exact) mass is 309 g/mol. The van der Waals surface area contributed by atoms with Crippen LogP contribution in [0.4, 0.5) is 5.69 Å². The number of amides is 1. The van der Waals surface area contributed by atoms with Crippen LogP contribution in [0.15, 0.2) is 23.0 Å². The van der Waals surface area contributed by atoms with Crippen LogP contribution in [0.2, 0.25) is 0 Å². The van der Waals surface area contributed by atoms with Crippen LogP contribution in [-0.4, -0.2) is 35.3 Å². The van der Waals surface area contributed by atoms with Crippen LogP contribution in [0.1, 0.15) is 19.3 Å². The van der Waals surface area contributed by atoms with Gasteiger partial charge in [0.15, 0.2) is 14.6 Å². The molecule has 0 unspecified atom stereocenters. The van der Waals surface area contributed by atoms with Crippen molar-refractivity contribution < 1.29 is 13.2 Å². The molecule has 21 heavy (non-hydrogen) atoms. The van der Waals surface area contributed by atoms with Crippen molar-refractivity contribution in [1.29, 1.82) is 0 Å². The Morgan fingerprint density at radius 3 is 2.48 bits per heavy atom. The number of fused-ring (bicyclic) bond motifs is 1. The molecule has 7 nitrogen and oxygen atoms in total. The second kappa shape index (κ2) is 4.45. The number of benzene rings is 1. The maximum atomic E-state index is 12.3. The zero-order valence-electron chi connectivity index (χ0n) is 11.4. The van der Waals surface area contributed by atoms with E-state index in [1.54, 1.807) is 18.2 Å². The predicted octanol–water partition coefficient (Wildman–Crippen LogP) is 0.762. The number of carbonyl (C=O) groups excluding carboxylic acids is 1. The van der Waals surface area contributed by atoms with Gasteiger partial charge in [-0.05, 0) is 37.5 Å². The number of aromatic nitrogens is 2. The number of hydrogen-bond donors (Lipinski definition) is 3. The first-order valence-corrected chi connectivity index (χ1v) is 8.44. The summed E-state index contributed by atoms with van der Waals surface area (Å²) in [6.45, 7) is 0. The molecule has 2 aromatic rings. The highest BCUT2D eigenvalue weighted by atomic mass is 32.2. The van der Waals surface area contributed by atoms with Crippen LogP contribution >= 0.6 is 0 Å². The van der Waals surface area contributed by atoms with E-state index in [0.717, 1.165) is 12.7 Å². The first-order valence-electron chi connectivity index (χ1n) is 6.55. The minimum atomic E-state index is -3.46. The van der Waals surface area contributed by atoms with Crippen molar-refractivity contribution in [3.8, 4) is 0 Å². The Labute approximate surface area is 120 Å². The molecule has 1 saturated carbocycles. The van der Waals surface area contributed by atoms with Gasteiger partial charge in [0.25, 0.3) is 0 Å². The van der Waals surface area contributed by atoms with Crippen molar-refractivity contribution in [2.75, 3.05) is 11.6 Å². The van der Waals surface area contributed by atoms with Crippen molar-refractivity contribution in [3.63, 3.8) is 0 Å². The Bertz CT molecular complexity index is 874. The van der Waals surface area contributed by atoms with E-state index in [4.69, 9.17) is 0 Å². The summed E-state index contributed by atoms with van der Waals surface area (Å²) in [6, 6.07) is 4.87. The van der Waals surface area contributed by atoms with Crippen LogP contribution in [-0.2, 0) is 14.6 Å². The standard InChI is InChI=1S/C13H15N3O4S/c1-21(19,20)13(5-2-6-13)11(17)14-8-3-4-9-10(7-8)16-12(18)15-9/h3-4,7H,2,5-6H2,1H3,(H,14,17)(H2,15,16,18). The smallest absolute Gasteiger partial charge is 0.323 e. The van der Waals surface area contributed by atoms with Crippen LogP contribution in [0.25, 0.3) is 11.0 Å². The van der Waals surface area contributed by atoms with Crippen molar-refractivity contribution >= 4 is 32.5 Å². The van der Waals surface area contributed by atoms with Crippen molar-refractivity contribution in [2.45, 2.75) is 24.0 Å². The van der Waals surface area contributed by atoms with Gasteiger partial charge in [-0.1, -0.05) is 0 Å². The fraction of sp³-hybridized carbons (Fsp3) is 0.385. The van der Waals surface area contributed by atoms with Gasteiger partial charge in [-0.2, -0.15) is 0 Å². The number of aromatic amines is 2. The number of rotatable bonds is 3. The molecule has 0 saturated heterocycles. The number of carbonyl (C=O) groups is 1. The SMILES string of the molecule is CS(=O)(=O)C1(C(=O)Nc2ccc3[nH]c(=O)[nH]c3c2)CCC1. The van der Waals surface area contributed by atoms with Gasteiger partial charge in [-0.15, -0.1) is 0 Å². The molecule has 1 aliphatic carbocycles. The molecule has 1 fully saturated rings. The molecule has 0 aliphatic heterocycles. The third-order valence-electron chi connectivity index (χ3n) is 4.06. The minimum absolute atomic E-state index is 0.333. The van der Waals surface area contributed by atoms with E-state index >= 15 is 0 Å². The summed E-state index contributed by atoms with van der Waals surface area (Å²) in [7, 11) is -3.46. The molecule has 1 aliphatic rings. The molecular formula is C13H15N3O4S. The number of hydrogen-bond acceptors (Lipinski definition) is 4. The van der Waals surface area contributed by atoms with Gasteiger partial charge in [0, 0.05) is 11.9 Å². The Hall–Kier alpha value is -2.09. The molecule has 8 heteroatoms. The van der Waals surface area contributed by atoms with E-state index in [1.807, 2.05) is 0 Å². The molecule has 112 valence electrons. The van der Waals surface area contributed by atoms with E-state index in [9.17, 15) is 18.0 Å². The number of imidazole rings is 1. The third kappa shape index (κ3) is 2.15. The summed E-state index contributed by atoms with van der Waals surface area (Å²) >= 11 is 0. The number of sulfone groups is 1. The lowest BCUT2D eigenvalue weighted by Crippen LogP contribution is -2.54. The van der Waals surface area contributed by atoms with E-state index in [1.165, 1.54) is 0 Å². The van der Waals surface area contributed by atoms with Gasteiger partial charge < -0.3 is 15.3 Å². The average Bonchev–Trinajstić information content (AvgIpc) is 2.64. The summed E-state index contributed by atoms with van der Waals surface area (Å²) in [6.07, 6.45) is 2.52. The molecule has 1 heterocycles. The largest absolute Gasteiger partial charge is 0.325 e. The molecule has 1 aromatic heterocycles. The minimum Gasteiger partial charge on any atom is -0.325 e. The Morgan fingerprint density at radius 2 is 1.90 bits per heavy atom. The number of nitrogens with one attached hydrogen (secondary N) is 3. The van der Waals surface area contributed by atoms with Gasteiger partial charge >= 0.3 is 5.69 Å². The summed E-state index contributed by atoms with van der Waals surface area (Å²) in [5.41, 5.74) is 1.30. The van der Waals surface area contributed by atoms with Crippen molar-refractivity contribution in [1.82, 2.24) is 9.97 Å². The summed E-state index contributed by atoms with van der Waals surface area (Å²) in [5.74, 6) is -0.506. The van der Waals surface area contributed by atoms with Gasteiger partial charge in [0.1, 0.15) is 0 Å². The van der Waals surface area contributed by atoms with Gasteiger partial charge in [0.05, 0.1) is 11.0 Å². The second-order valence-electron chi connectivity index (χ2n) is 5.41. The van der Waals surface area contributed by atoms with E-state index in [-0.39, 0.29) is 5.69 Å². The van der Waals surface area contributed by atoms with Crippen LogP contribution in [0, 0.1) is 0 Å². The topological polar surface area (TPSA) is 112 Å². The van der Waals surface area contributed by atoms with Gasteiger partial charge in [-0.25, -0.2) is 13.2 Å². The first kappa shape index (κ1) is 13.9. The van der Waals surface area contributed by atoms with E-state index in [0.29, 0.717) is 29.6 Å². The first-order chi connectivity index (χ1) is 9.82. The quantitative estimate of drug-likeness (QED) is 0.777. The van der Waals surface area contributed by atoms with Crippen LogP contribution in [0.5, 0.6) is 0 Å². The zero-order chi connectivity index (χ0) is 15.3. The molecule has 1 aromatic carbocycles. The number of H-pyrrole nitrogens is 2. The zero-order valence-corrected chi connectivity index (χ0v) is 12.2. The third-order valence-corrected chi connectivity index (χ3v) is 6.07. The maximum Gasteiger partial charge on any atom is 0.323 e. The van der Waals surface area contributed by atoms with E-state index < -0.39 is 20.5 Å². The van der Waals surface area contributed by atoms with Crippen molar-refractivity contribution in [3.05, 3.63) is 28.7 Å². The van der Waals surface area contributed by atoms with Gasteiger partial charge in [0.2, 0.25) is 5.91 Å². The lowest BCUT2D eigenvalue weighted by atomic mass is 9.83. The highest BCUT2D eigenvalue weighted by molar-refractivity contribution is 7.93. The van der Waals surface area contributed by atoms with Gasteiger partial charge in [-0.3, -0.25) is 4.79 Å². The Morgan fingerprint density at radius 1 is 1.24 bits per heavy atom. The molecule has 0 spiro atoms. The average molecular weight is 309 g/mol. The predicted molar refractivity (Wildman–Crippen MR) is 79.0 cm³/mol. The summed E-state index contributed by atoms with van der Waals surface area (Å²) in [5, 5.41) is 2.64.